The number of carbonyl (C=O) groups excluding carboxylic acids is 2. The third-order valence-electron chi connectivity index (χ3n) is 4.45. The number of aromatic nitrogens is 2. The van der Waals surface area contributed by atoms with Crippen LogP contribution in [0.2, 0.25) is 0 Å². The first-order valence-electron chi connectivity index (χ1n) is 9.09. The zero-order chi connectivity index (χ0) is 21.0. The van der Waals surface area contributed by atoms with Gasteiger partial charge in [0.1, 0.15) is 11.6 Å². The van der Waals surface area contributed by atoms with Crippen LogP contribution in [0.3, 0.4) is 0 Å². The fourth-order valence-electron chi connectivity index (χ4n) is 2.98. The van der Waals surface area contributed by atoms with Gasteiger partial charge in [0.2, 0.25) is 0 Å². The summed E-state index contributed by atoms with van der Waals surface area (Å²) in [6.07, 6.45) is 0. The Morgan fingerprint density at radius 3 is 2.21 bits per heavy atom. The standard InChI is InChI=1S/C22H21FN4O2/c1-13-20(14(2)26-15(3)25-13)12-24-21(28)17-5-4-6-19(11-17)27-22(29)16-7-9-18(23)10-8-16/h4-11H,12H2,1-3H3,(H,24,28)(H,27,29). The summed E-state index contributed by atoms with van der Waals surface area (Å²) < 4.78 is 13.0. The topological polar surface area (TPSA) is 84.0 Å². The lowest BCUT2D eigenvalue weighted by molar-refractivity contribution is 0.0949. The van der Waals surface area contributed by atoms with Gasteiger partial charge in [0.05, 0.1) is 0 Å². The molecular formula is C22H21FN4O2. The van der Waals surface area contributed by atoms with Crippen LogP contribution in [0.15, 0.2) is 48.5 Å². The second-order valence-electron chi connectivity index (χ2n) is 6.64. The molecule has 0 bridgehead atoms. The van der Waals surface area contributed by atoms with Crippen molar-refractivity contribution in [2.24, 2.45) is 0 Å². The van der Waals surface area contributed by atoms with Crippen LogP contribution in [0.5, 0.6) is 0 Å². The Kier molecular flexibility index (Phi) is 5.97. The van der Waals surface area contributed by atoms with Crippen LogP contribution in [0, 0.1) is 26.6 Å². The normalized spacial score (nSPS) is 10.5. The SMILES string of the molecule is Cc1nc(C)c(CNC(=O)c2cccc(NC(=O)c3ccc(F)cc3)c2)c(C)n1. The quantitative estimate of drug-likeness (QED) is 0.693. The molecule has 2 N–H and O–H groups in total. The van der Waals surface area contributed by atoms with Crippen molar-refractivity contribution in [3.63, 3.8) is 0 Å². The molecule has 0 atom stereocenters. The zero-order valence-corrected chi connectivity index (χ0v) is 16.4. The number of nitrogens with zero attached hydrogens (tertiary/aromatic N) is 2. The van der Waals surface area contributed by atoms with Crippen LogP contribution in [-0.4, -0.2) is 21.8 Å². The van der Waals surface area contributed by atoms with Crippen LogP contribution in [0.25, 0.3) is 0 Å². The number of benzene rings is 2. The van der Waals surface area contributed by atoms with E-state index in [0.29, 0.717) is 29.2 Å². The van der Waals surface area contributed by atoms with Crippen LogP contribution < -0.4 is 10.6 Å². The highest BCUT2D eigenvalue weighted by molar-refractivity contribution is 6.05. The van der Waals surface area contributed by atoms with E-state index in [1.165, 1.54) is 24.3 Å². The lowest BCUT2D eigenvalue weighted by Crippen LogP contribution is -2.24. The van der Waals surface area contributed by atoms with Crippen LogP contribution in [-0.2, 0) is 6.54 Å². The molecule has 6 nitrogen and oxygen atoms in total. The highest BCUT2D eigenvalue weighted by Gasteiger charge is 2.12. The van der Waals surface area contributed by atoms with Gasteiger partial charge in [-0.3, -0.25) is 9.59 Å². The lowest BCUT2D eigenvalue weighted by Gasteiger charge is -2.11. The number of carbonyl (C=O) groups is 2. The highest BCUT2D eigenvalue weighted by atomic mass is 19.1. The first-order valence-corrected chi connectivity index (χ1v) is 9.09. The molecule has 3 aromatic rings. The van der Waals surface area contributed by atoms with Crippen LogP contribution in [0.4, 0.5) is 10.1 Å². The van der Waals surface area contributed by atoms with Gasteiger partial charge in [-0.25, -0.2) is 14.4 Å². The van der Waals surface area contributed by atoms with Gasteiger partial charge in [-0.2, -0.15) is 0 Å². The van der Waals surface area contributed by atoms with Crippen molar-refractivity contribution in [2.45, 2.75) is 27.3 Å². The molecule has 0 saturated heterocycles. The number of aryl methyl sites for hydroxylation is 3. The summed E-state index contributed by atoms with van der Waals surface area (Å²) in [5, 5.41) is 5.57. The number of anilines is 1. The number of nitrogens with one attached hydrogen (secondary N) is 2. The maximum Gasteiger partial charge on any atom is 0.255 e. The largest absolute Gasteiger partial charge is 0.348 e. The molecule has 0 saturated carbocycles. The third kappa shape index (κ3) is 5.01. The fraction of sp³-hybridized carbons (Fsp3) is 0.182. The van der Waals surface area contributed by atoms with E-state index in [9.17, 15) is 14.0 Å². The van der Waals surface area contributed by atoms with E-state index < -0.39 is 5.82 Å². The molecule has 0 unspecified atom stereocenters. The average molecular weight is 392 g/mol. The van der Waals surface area contributed by atoms with Crippen LogP contribution >= 0.6 is 0 Å². The van der Waals surface area contributed by atoms with Gasteiger partial charge in [-0.05, 0) is 63.2 Å². The van der Waals surface area contributed by atoms with Gasteiger partial charge in [0, 0.05) is 40.3 Å². The summed E-state index contributed by atoms with van der Waals surface area (Å²) >= 11 is 0. The molecule has 0 fully saturated rings. The molecule has 7 heteroatoms. The lowest BCUT2D eigenvalue weighted by atomic mass is 10.1. The van der Waals surface area contributed by atoms with Crippen molar-refractivity contribution in [2.75, 3.05) is 5.32 Å². The number of hydrogen-bond acceptors (Lipinski definition) is 4. The molecule has 0 aliphatic rings. The van der Waals surface area contributed by atoms with Crippen molar-refractivity contribution >= 4 is 17.5 Å². The van der Waals surface area contributed by atoms with E-state index >= 15 is 0 Å². The van der Waals surface area contributed by atoms with E-state index in [1.807, 2.05) is 20.8 Å². The van der Waals surface area contributed by atoms with Crippen molar-refractivity contribution in [1.82, 2.24) is 15.3 Å². The van der Waals surface area contributed by atoms with Gasteiger partial charge in [-0.15, -0.1) is 0 Å². The Labute approximate surface area is 168 Å². The molecule has 1 heterocycles. The molecule has 0 aliphatic heterocycles. The minimum atomic E-state index is -0.412. The van der Waals surface area contributed by atoms with Gasteiger partial charge in [0.25, 0.3) is 11.8 Å². The number of amides is 2. The Hall–Kier alpha value is -3.61. The second kappa shape index (κ2) is 8.60. The summed E-state index contributed by atoms with van der Waals surface area (Å²) in [4.78, 5) is 33.5. The summed E-state index contributed by atoms with van der Waals surface area (Å²) in [6.45, 7) is 5.90. The highest BCUT2D eigenvalue weighted by Crippen LogP contribution is 2.14. The number of halogens is 1. The smallest absolute Gasteiger partial charge is 0.255 e. The molecule has 2 aromatic carbocycles. The number of hydrogen-bond donors (Lipinski definition) is 2. The van der Waals surface area contributed by atoms with Gasteiger partial charge >= 0.3 is 0 Å². The van der Waals surface area contributed by atoms with E-state index in [4.69, 9.17) is 0 Å². The predicted molar refractivity (Wildman–Crippen MR) is 108 cm³/mol. The molecule has 0 spiro atoms. The first-order chi connectivity index (χ1) is 13.8. The Morgan fingerprint density at radius 2 is 1.55 bits per heavy atom. The predicted octanol–water partition coefficient (Wildman–Crippen LogP) is 3.72. The molecular weight excluding hydrogens is 371 g/mol. The monoisotopic (exact) mass is 392 g/mol. The summed E-state index contributed by atoms with van der Waals surface area (Å²) in [7, 11) is 0. The Bertz CT molecular complexity index is 1040. The third-order valence-corrected chi connectivity index (χ3v) is 4.45. The maximum atomic E-state index is 13.0. The van der Waals surface area contributed by atoms with Crippen molar-refractivity contribution in [3.8, 4) is 0 Å². The van der Waals surface area contributed by atoms with Crippen LogP contribution in [0.1, 0.15) is 43.5 Å². The maximum absolute atomic E-state index is 13.0. The average Bonchev–Trinajstić information content (AvgIpc) is 2.67. The van der Waals surface area contributed by atoms with Gasteiger partial charge < -0.3 is 10.6 Å². The van der Waals surface area contributed by atoms with E-state index in [-0.39, 0.29) is 11.8 Å². The first kappa shape index (κ1) is 20.1. The molecule has 0 radical (unpaired) electrons. The molecule has 148 valence electrons. The van der Waals surface area contributed by atoms with Crippen molar-refractivity contribution < 1.29 is 14.0 Å². The summed E-state index contributed by atoms with van der Waals surface area (Å²) in [5.74, 6) is -0.378. The van der Waals surface area contributed by atoms with Gasteiger partial charge in [-0.1, -0.05) is 6.07 Å². The van der Waals surface area contributed by atoms with Gasteiger partial charge in [0.15, 0.2) is 0 Å². The molecule has 0 aliphatic carbocycles. The summed E-state index contributed by atoms with van der Waals surface area (Å²) in [6, 6.07) is 11.8. The summed E-state index contributed by atoms with van der Waals surface area (Å²) in [5.41, 5.74) is 3.74. The fourth-order valence-corrected chi connectivity index (χ4v) is 2.98. The van der Waals surface area contributed by atoms with E-state index in [1.54, 1.807) is 24.3 Å². The second-order valence-corrected chi connectivity index (χ2v) is 6.64. The minimum Gasteiger partial charge on any atom is -0.348 e. The molecule has 2 amide bonds. The van der Waals surface area contributed by atoms with E-state index in [2.05, 4.69) is 20.6 Å². The molecule has 3 rings (SSSR count). The van der Waals surface area contributed by atoms with Crippen molar-refractivity contribution in [1.29, 1.82) is 0 Å². The number of rotatable bonds is 5. The zero-order valence-electron chi connectivity index (χ0n) is 16.4. The Morgan fingerprint density at radius 1 is 0.897 bits per heavy atom. The molecule has 29 heavy (non-hydrogen) atoms. The van der Waals surface area contributed by atoms with Crippen molar-refractivity contribution in [3.05, 3.63) is 88.3 Å². The molecule has 1 aromatic heterocycles. The minimum absolute atomic E-state index is 0.276. The Balaban J connectivity index is 1.68. The van der Waals surface area contributed by atoms with E-state index in [0.717, 1.165) is 17.0 Å².